The maximum atomic E-state index is 12.1. The van der Waals surface area contributed by atoms with Crippen molar-refractivity contribution in [3.05, 3.63) is 32.6 Å². The number of H-pyrrole nitrogens is 1. The van der Waals surface area contributed by atoms with Gasteiger partial charge in [0.15, 0.2) is 0 Å². The highest BCUT2D eigenvalue weighted by molar-refractivity contribution is 5.77. The molecule has 1 aliphatic rings. The number of aliphatic hydroxyl groups excluding tert-OH is 1. The van der Waals surface area contributed by atoms with Gasteiger partial charge in [0.05, 0.1) is 25.2 Å². The first-order chi connectivity index (χ1) is 9.85. The topological polar surface area (TPSA) is 111 Å². The number of ether oxygens (including phenoxy) is 2. The van der Waals surface area contributed by atoms with Gasteiger partial charge in [-0.1, -0.05) is 0 Å². The maximum absolute atomic E-state index is 12.1. The van der Waals surface area contributed by atoms with E-state index in [2.05, 4.69) is 4.98 Å². The molecular weight excluding hydrogens is 280 g/mol. The van der Waals surface area contributed by atoms with E-state index in [0.717, 1.165) is 4.57 Å². The average Bonchev–Trinajstić information content (AvgIpc) is 2.80. The predicted octanol–water partition coefficient (Wildman–Crippen LogP) is -0.696. The largest absolute Gasteiger partial charge is 0.469 e. The Hall–Kier alpha value is -1.93. The molecule has 0 bridgehead atoms. The number of hydrogen-bond acceptors (Lipinski definition) is 6. The summed E-state index contributed by atoms with van der Waals surface area (Å²) in [5, 5.41) is 9.40. The van der Waals surface area contributed by atoms with Gasteiger partial charge in [-0.15, -0.1) is 0 Å². The van der Waals surface area contributed by atoms with Gasteiger partial charge in [-0.3, -0.25) is 9.59 Å². The fourth-order valence-electron chi connectivity index (χ4n) is 2.57. The van der Waals surface area contributed by atoms with Crippen LogP contribution in [-0.2, 0) is 14.3 Å². The lowest BCUT2D eigenvalue weighted by Crippen LogP contribution is -2.39. The Morgan fingerprint density at radius 2 is 2.29 bits per heavy atom. The molecule has 1 saturated heterocycles. The van der Waals surface area contributed by atoms with E-state index >= 15 is 0 Å². The van der Waals surface area contributed by atoms with Gasteiger partial charge in [0.1, 0.15) is 6.23 Å². The molecule has 2 rings (SSSR count). The number of aryl methyl sites for hydroxylation is 1. The van der Waals surface area contributed by atoms with Gasteiger partial charge in [-0.05, 0) is 13.8 Å². The van der Waals surface area contributed by atoms with Crippen molar-refractivity contribution in [3.8, 4) is 0 Å². The minimum atomic E-state index is -1.12. The molecule has 1 fully saturated rings. The van der Waals surface area contributed by atoms with Crippen LogP contribution in [-0.4, -0.2) is 40.4 Å². The van der Waals surface area contributed by atoms with Crippen LogP contribution >= 0.6 is 0 Å². The van der Waals surface area contributed by atoms with Crippen LogP contribution in [0.4, 0.5) is 0 Å². The molecule has 2 heterocycles. The van der Waals surface area contributed by atoms with Crippen LogP contribution in [0.1, 0.15) is 25.1 Å². The summed E-state index contributed by atoms with van der Waals surface area (Å²) in [7, 11) is 1.24. The minimum Gasteiger partial charge on any atom is -0.469 e. The normalized spacial score (nSPS) is 28.6. The quantitative estimate of drug-likeness (QED) is 0.714. The van der Waals surface area contributed by atoms with Crippen LogP contribution in [0.15, 0.2) is 15.8 Å². The number of carbonyl (C=O) groups excluding carboxylic acids is 1. The Balaban J connectivity index is 2.46. The van der Waals surface area contributed by atoms with E-state index in [1.807, 2.05) is 0 Å². The zero-order valence-corrected chi connectivity index (χ0v) is 12.1. The molecule has 1 aliphatic heterocycles. The van der Waals surface area contributed by atoms with Crippen molar-refractivity contribution in [3.63, 3.8) is 0 Å². The van der Waals surface area contributed by atoms with Crippen molar-refractivity contribution in [1.29, 1.82) is 0 Å². The second kappa shape index (κ2) is 5.45. The molecule has 116 valence electrons. The van der Waals surface area contributed by atoms with Crippen molar-refractivity contribution in [2.45, 2.75) is 32.6 Å². The van der Waals surface area contributed by atoms with E-state index in [9.17, 15) is 19.5 Å². The van der Waals surface area contributed by atoms with E-state index in [-0.39, 0.29) is 6.42 Å². The molecule has 8 heteroatoms. The number of rotatable bonds is 3. The minimum absolute atomic E-state index is 0.0668. The first-order valence-corrected chi connectivity index (χ1v) is 6.50. The molecule has 3 atom stereocenters. The fourth-order valence-corrected chi connectivity index (χ4v) is 2.57. The van der Waals surface area contributed by atoms with Crippen LogP contribution in [0.25, 0.3) is 0 Å². The van der Waals surface area contributed by atoms with Gasteiger partial charge in [-0.25, -0.2) is 9.36 Å². The molecule has 0 amide bonds. The zero-order chi connectivity index (χ0) is 15.8. The first-order valence-electron chi connectivity index (χ1n) is 6.50. The third-order valence-corrected chi connectivity index (χ3v) is 3.92. The molecule has 3 unspecified atom stereocenters. The van der Waals surface area contributed by atoms with Crippen LogP contribution < -0.4 is 11.2 Å². The van der Waals surface area contributed by atoms with E-state index in [1.165, 1.54) is 13.3 Å². The van der Waals surface area contributed by atoms with E-state index in [4.69, 9.17) is 9.47 Å². The lowest BCUT2D eigenvalue weighted by Gasteiger charge is -2.24. The van der Waals surface area contributed by atoms with E-state index < -0.39 is 41.6 Å². The van der Waals surface area contributed by atoms with Crippen molar-refractivity contribution >= 4 is 5.97 Å². The van der Waals surface area contributed by atoms with Crippen molar-refractivity contribution in [1.82, 2.24) is 9.55 Å². The van der Waals surface area contributed by atoms with Crippen LogP contribution in [0.2, 0.25) is 0 Å². The fraction of sp³-hybridized carbons (Fsp3) is 0.615. The number of aromatic amines is 1. The molecule has 1 aromatic rings. The summed E-state index contributed by atoms with van der Waals surface area (Å²) in [6, 6.07) is 0. The van der Waals surface area contributed by atoms with Crippen LogP contribution in [0, 0.1) is 12.3 Å². The number of nitrogens with one attached hydrogen (secondary N) is 1. The molecule has 21 heavy (non-hydrogen) atoms. The Bertz CT molecular complexity index is 663. The number of aliphatic hydroxyl groups is 1. The molecule has 1 aromatic heterocycles. The second-order valence-corrected chi connectivity index (χ2v) is 5.33. The summed E-state index contributed by atoms with van der Waals surface area (Å²) in [5.74, 6) is -0.554. The first kappa shape index (κ1) is 15.5. The van der Waals surface area contributed by atoms with Gasteiger partial charge < -0.3 is 19.6 Å². The lowest BCUT2D eigenvalue weighted by atomic mass is 9.83. The van der Waals surface area contributed by atoms with Gasteiger partial charge in [0.25, 0.3) is 5.56 Å². The van der Waals surface area contributed by atoms with Gasteiger partial charge in [-0.2, -0.15) is 0 Å². The SMILES string of the molecule is COC(=O)C1(C)CC(n2c(=O)[nH]cc(C)c2=O)OC1CO. The molecule has 2 N–H and O–H groups in total. The Labute approximate surface area is 120 Å². The molecule has 0 saturated carbocycles. The van der Waals surface area contributed by atoms with E-state index in [1.54, 1.807) is 13.8 Å². The molecular formula is C13H18N2O6. The summed E-state index contributed by atoms with van der Waals surface area (Å²) in [4.78, 5) is 38.3. The summed E-state index contributed by atoms with van der Waals surface area (Å²) < 4.78 is 11.2. The smallest absolute Gasteiger partial charge is 0.330 e. The maximum Gasteiger partial charge on any atom is 0.330 e. The van der Waals surface area contributed by atoms with E-state index in [0.29, 0.717) is 5.56 Å². The molecule has 0 spiro atoms. The standard InChI is InChI=1S/C13H18N2O6/c1-7-5-14-12(19)15(10(7)17)9-4-13(2,11(18)20-3)8(6-16)21-9/h5,8-9,16H,4,6H2,1-3H3,(H,14,19). The predicted molar refractivity (Wildman–Crippen MR) is 71.8 cm³/mol. The number of methoxy groups -OCH3 is 1. The number of nitrogens with zero attached hydrogens (tertiary/aromatic N) is 1. The summed E-state index contributed by atoms with van der Waals surface area (Å²) >= 11 is 0. The Kier molecular flexibility index (Phi) is 4.02. The molecule has 8 nitrogen and oxygen atoms in total. The number of hydrogen-bond donors (Lipinski definition) is 2. The highest BCUT2D eigenvalue weighted by Crippen LogP contribution is 2.43. The highest BCUT2D eigenvalue weighted by atomic mass is 16.5. The Morgan fingerprint density at radius 3 is 2.86 bits per heavy atom. The van der Waals surface area contributed by atoms with Crippen LogP contribution in [0.5, 0.6) is 0 Å². The van der Waals surface area contributed by atoms with Crippen molar-refractivity contribution < 1.29 is 19.4 Å². The number of carbonyl (C=O) groups is 1. The molecule has 0 radical (unpaired) electrons. The number of esters is 1. The summed E-state index contributed by atoms with van der Waals surface area (Å²) in [5.41, 5.74) is -1.88. The van der Waals surface area contributed by atoms with Crippen molar-refractivity contribution in [2.75, 3.05) is 13.7 Å². The lowest BCUT2D eigenvalue weighted by molar-refractivity contribution is -0.156. The number of aromatic nitrogens is 2. The van der Waals surface area contributed by atoms with Gasteiger partial charge in [0.2, 0.25) is 0 Å². The van der Waals surface area contributed by atoms with Crippen molar-refractivity contribution in [2.24, 2.45) is 5.41 Å². The molecule has 0 aliphatic carbocycles. The average molecular weight is 298 g/mol. The zero-order valence-electron chi connectivity index (χ0n) is 12.1. The highest BCUT2D eigenvalue weighted by Gasteiger charge is 2.52. The van der Waals surface area contributed by atoms with Crippen LogP contribution in [0.3, 0.4) is 0 Å². The summed E-state index contributed by atoms with van der Waals surface area (Å²) in [6.07, 6.45) is -0.389. The van der Waals surface area contributed by atoms with Gasteiger partial charge >= 0.3 is 11.7 Å². The third-order valence-electron chi connectivity index (χ3n) is 3.92. The third kappa shape index (κ3) is 2.40. The van der Waals surface area contributed by atoms with Gasteiger partial charge in [0, 0.05) is 18.2 Å². The summed E-state index contributed by atoms with van der Waals surface area (Å²) in [6.45, 7) is 2.72. The monoisotopic (exact) mass is 298 g/mol. The molecule has 0 aromatic carbocycles. The second-order valence-electron chi connectivity index (χ2n) is 5.33. The Morgan fingerprint density at radius 1 is 1.62 bits per heavy atom.